The second-order valence-corrected chi connectivity index (χ2v) is 6.47. The van der Waals surface area contributed by atoms with Crippen molar-refractivity contribution >= 4 is 17.8 Å². The van der Waals surface area contributed by atoms with Crippen molar-refractivity contribution in [3.63, 3.8) is 0 Å². The van der Waals surface area contributed by atoms with Crippen LogP contribution in [0.4, 0.5) is 0 Å². The number of nitrogens with zero attached hydrogens (tertiary/aromatic N) is 1. The van der Waals surface area contributed by atoms with E-state index in [0.29, 0.717) is 17.0 Å². The van der Waals surface area contributed by atoms with Crippen molar-refractivity contribution in [3.8, 4) is 0 Å². The standard InChI is InChI=1S/C23H17NO4/c25-21-19-12-6-7-13-20(19)22(26)24(21)28-23(27)18-11-5-4-10-17(18)15-14-16-8-2-1-3-9-16/h1-13H,14-15H2. The van der Waals surface area contributed by atoms with Crippen LogP contribution < -0.4 is 0 Å². The molecule has 0 aliphatic carbocycles. The Morgan fingerprint density at radius 3 is 1.96 bits per heavy atom. The van der Waals surface area contributed by atoms with E-state index in [-0.39, 0.29) is 11.1 Å². The van der Waals surface area contributed by atoms with E-state index in [1.807, 2.05) is 42.5 Å². The van der Waals surface area contributed by atoms with Gasteiger partial charge in [-0.3, -0.25) is 9.59 Å². The molecule has 0 fully saturated rings. The fourth-order valence-corrected chi connectivity index (χ4v) is 3.24. The Morgan fingerprint density at radius 2 is 1.29 bits per heavy atom. The number of carbonyl (C=O) groups excluding carboxylic acids is 3. The summed E-state index contributed by atoms with van der Waals surface area (Å²) in [5, 5.41) is 0.543. The highest BCUT2D eigenvalue weighted by molar-refractivity contribution is 6.21. The van der Waals surface area contributed by atoms with Gasteiger partial charge in [-0.1, -0.05) is 65.7 Å². The van der Waals surface area contributed by atoms with Crippen molar-refractivity contribution in [3.05, 3.63) is 107 Å². The number of hydroxylamine groups is 2. The van der Waals surface area contributed by atoms with Crippen molar-refractivity contribution in [2.75, 3.05) is 0 Å². The lowest BCUT2D eigenvalue weighted by Gasteiger charge is -2.14. The molecule has 0 saturated carbocycles. The summed E-state index contributed by atoms with van der Waals surface area (Å²) < 4.78 is 0. The van der Waals surface area contributed by atoms with E-state index in [4.69, 9.17) is 4.84 Å². The van der Waals surface area contributed by atoms with Crippen molar-refractivity contribution in [1.82, 2.24) is 5.06 Å². The third kappa shape index (κ3) is 3.30. The summed E-state index contributed by atoms with van der Waals surface area (Å²) in [6, 6.07) is 23.4. The number of hydrogen-bond donors (Lipinski definition) is 0. The van der Waals surface area contributed by atoms with Crippen LogP contribution in [-0.4, -0.2) is 22.8 Å². The molecule has 0 saturated heterocycles. The van der Waals surface area contributed by atoms with Crippen LogP contribution in [0.1, 0.15) is 42.2 Å². The number of carbonyl (C=O) groups is 3. The van der Waals surface area contributed by atoms with Gasteiger partial charge in [0, 0.05) is 0 Å². The SMILES string of the molecule is O=C(ON1C(=O)c2ccccc2C1=O)c1ccccc1CCc1ccccc1. The topological polar surface area (TPSA) is 63.7 Å². The second kappa shape index (κ2) is 7.48. The molecule has 138 valence electrons. The van der Waals surface area contributed by atoms with Crippen molar-refractivity contribution < 1.29 is 19.2 Å². The molecule has 0 bridgehead atoms. The highest BCUT2D eigenvalue weighted by atomic mass is 16.7. The minimum Gasteiger partial charge on any atom is -0.324 e. The lowest BCUT2D eigenvalue weighted by Crippen LogP contribution is -2.33. The molecule has 5 nitrogen and oxygen atoms in total. The van der Waals surface area contributed by atoms with Crippen LogP contribution in [-0.2, 0) is 17.7 Å². The fraction of sp³-hybridized carbons (Fsp3) is 0.0870. The molecule has 28 heavy (non-hydrogen) atoms. The molecule has 1 aliphatic rings. The Morgan fingerprint density at radius 1 is 0.714 bits per heavy atom. The normalized spacial score (nSPS) is 12.8. The molecule has 0 unspecified atom stereocenters. The average molecular weight is 371 g/mol. The van der Waals surface area contributed by atoms with E-state index < -0.39 is 17.8 Å². The van der Waals surface area contributed by atoms with Gasteiger partial charge in [-0.05, 0) is 42.2 Å². The van der Waals surface area contributed by atoms with Crippen LogP contribution in [0.15, 0.2) is 78.9 Å². The van der Waals surface area contributed by atoms with Crippen molar-refractivity contribution in [2.24, 2.45) is 0 Å². The quantitative estimate of drug-likeness (QED) is 0.639. The molecular formula is C23H17NO4. The van der Waals surface area contributed by atoms with Gasteiger partial charge < -0.3 is 4.84 Å². The number of hydrogen-bond acceptors (Lipinski definition) is 4. The summed E-state index contributed by atoms with van der Waals surface area (Å²) in [6.07, 6.45) is 1.40. The van der Waals surface area contributed by atoms with E-state index in [1.165, 1.54) is 12.1 Å². The molecule has 4 rings (SSSR count). The Bertz CT molecular complexity index is 1020. The lowest BCUT2D eigenvalue weighted by molar-refractivity contribution is -0.0585. The van der Waals surface area contributed by atoms with Crippen molar-refractivity contribution in [2.45, 2.75) is 12.8 Å². The summed E-state index contributed by atoms with van der Waals surface area (Å²) in [4.78, 5) is 42.7. The molecular weight excluding hydrogens is 354 g/mol. The summed E-state index contributed by atoms with van der Waals surface area (Å²) in [5.74, 6) is -1.98. The zero-order valence-corrected chi connectivity index (χ0v) is 15.0. The molecule has 1 heterocycles. The van der Waals surface area contributed by atoms with Crippen LogP contribution in [0, 0.1) is 0 Å². The lowest BCUT2D eigenvalue weighted by atomic mass is 10.00. The third-order valence-corrected chi connectivity index (χ3v) is 4.69. The predicted molar refractivity (Wildman–Crippen MR) is 103 cm³/mol. The van der Waals surface area contributed by atoms with Gasteiger partial charge in [0.25, 0.3) is 11.8 Å². The first-order valence-electron chi connectivity index (χ1n) is 8.97. The van der Waals surface area contributed by atoms with Gasteiger partial charge in [0.1, 0.15) is 0 Å². The number of fused-ring (bicyclic) bond motifs is 1. The minimum absolute atomic E-state index is 0.234. The minimum atomic E-state index is -0.724. The first-order chi connectivity index (χ1) is 13.6. The van der Waals surface area contributed by atoms with Crippen molar-refractivity contribution in [1.29, 1.82) is 0 Å². The molecule has 0 atom stereocenters. The van der Waals surface area contributed by atoms with Gasteiger partial charge in [0.15, 0.2) is 0 Å². The number of imide groups is 1. The summed E-state index contributed by atoms with van der Waals surface area (Å²) >= 11 is 0. The highest BCUT2D eigenvalue weighted by Gasteiger charge is 2.38. The van der Waals surface area contributed by atoms with E-state index in [0.717, 1.165) is 17.5 Å². The smallest absolute Gasteiger partial charge is 0.324 e. The molecule has 2 amide bonds. The first kappa shape index (κ1) is 17.7. The highest BCUT2D eigenvalue weighted by Crippen LogP contribution is 2.24. The predicted octanol–water partition coefficient (Wildman–Crippen LogP) is 3.84. The molecule has 0 radical (unpaired) electrons. The fourth-order valence-electron chi connectivity index (χ4n) is 3.24. The van der Waals surface area contributed by atoms with E-state index >= 15 is 0 Å². The number of benzene rings is 3. The van der Waals surface area contributed by atoms with Crippen LogP contribution in [0.3, 0.4) is 0 Å². The van der Waals surface area contributed by atoms with Gasteiger partial charge in [-0.25, -0.2) is 4.79 Å². The third-order valence-electron chi connectivity index (χ3n) is 4.69. The molecule has 3 aromatic rings. The zero-order valence-electron chi connectivity index (χ0n) is 15.0. The molecule has 3 aromatic carbocycles. The Balaban J connectivity index is 1.52. The molecule has 0 spiro atoms. The second-order valence-electron chi connectivity index (χ2n) is 6.47. The molecule has 0 N–H and O–H groups in total. The van der Waals surface area contributed by atoms with Crippen LogP contribution in [0.2, 0.25) is 0 Å². The molecule has 1 aliphatic heterocycles. The molecule has 5 heteroatoms. The zero-order chi connectivity index (χ0) is 19.5. The number of amides is 2. The van der Waals surface area contributed by atoms with Crippen LogP contribution in [0.5, 0.6) is 0 Å². The van der Waals surface area contributed by atoms with E-state index in [1.54, 1.807) is 24.3 Å². The van der Waals surface area contributed by atoms with Crippen LogP contribution >= 0.6 is 0 Å². The number of aryl methyl sites for hydroxylation is 2. The molecule has 0 aromatic heterocycles. The van der Waals surface area contributed by atoms with Gasteiger partial charge in [-0.15, -0.1) is 0 Å². The average Bonchev–Trinajstić information content (AvgIpc) is 2.98. The van der Waals surface area contributed by atoms with Gasteiger partial charge in [0.05, 0.1) is 16.7 Å². The van der Waals surface area contributed by atoms with E-state index in [2.05, 4.69) is 0 Å². The Hall–Kier alpha value is -3.73. The Labute approximate surface area is 162 Å². The van der Waals surface area contributed by atoms with E-state index in [9.17, 15) is 14.4 Å². The Kier molecular flexibility index (Phi) is 4.72. The monoisotopic (exact) mass is 371 g/mol. The summed E-state index contributed by atoms with van der Waals surface area (Å²) in [5.41, 5.74) is 2.77. The van der Waals surface area contributed by atoms with Crippen LogP contribution in [0.25, 0.3) is 0 Å². The van der Waals surface area contributed by atoms with Gasteiger partial charge >= 0.3 is 5.97 Å². The maximum atomic E-state index is 12.7. The van der Waals surface area contributed by atoms with Gasteiger partial charge in [0.2, 0.25) is 0 Å². The summed E-state index contributed by atoms with van der Waals surface area (Å²) in [6.45, 7) is 0. The maximum absolute atomic E-state index is 12.7. The maximum Gasteiger partial charge on any atom is 0.364 e. The van der Waals surface area contributed by atoms with Gasteiger partial charge in [-0.2, -0.15) is 0 Å². The summed E-state index contributed by atoms with van der Waals surface area (Å²) in [7, 11) is 0. The number of rotatable bonds is 5. The first-order valence-corrected chi connectivity index (χ1v) is 8.97. The largest absolute Gasteiger partial charge is 0.364 e.